The molecule has 2 aliphatic carbocycles. The van der Waals surface area contributed by atoms with E-state index >= 15 is 0 Å². The zero-order valence-electron chi connectivity index (χ0n) is 20.5. The van der Waals surface area contributed by atoms with Gasteiger partial charge in [0.2, 0.25) is 0 Å². The lowest BCUT2D eigenvalue weighted by Gasteiger charge is -2.45. The Balaban J connectivity index is 1.44. The first-order chi connectivity index (χ1) is 16.2. The Morgan fingerprint density at radius 1 is 1.35 bits per heavy atom. The van der Waals surface area contributed by atoms with E-state index in [2.05, 4.69) is 35.9 Å². The topological polar surface area (TPSA) is 103 Å². The zero-order chi connectivity index (χ0) is 24.5. The number of hydrogen-bond acceptors (Lipinski definition) is 6. The maximum absolute atomic E-state index is 11.7. The van der Waals surface area contributed by atoms with Gasteiger partial charge in [0.1, 0.15) is 11.7 Å². The Morgan fingerprint density at radius 3 is 2.79 bits per heavy atom. The number of methoxy groups -OCH3 is 1. The van der Waals surface area contributed by atoms with Crippen molar-refractivity contribution in [1.82, 2.24) is 4.90 Å². The number of carboxylic acids is 1. The summed E-state index contributed by atoms with van der Waals surface area (Å²) in [5.74, 6) is -0.563. The molecule has 34 heavy (non-hydrogen) atoms. The Hall–Kier alpha value is -2.22. The van der Waals surface area contributed by atoms with E-state index in [-0.39, 0.29) is 6.04 Å². The second-order valence-electron chi connectivity index (χ2n) is 10.3. The van der Waals surface area contributed by atoms with Crippen molar-refractivity contribution in [2.45, 2.75) is 76.7 Å². The third-order valence-electron chi connectivity index (χ3n) is 7.90. The number of aliphatic imine (C=N–C) groups is 1. The van der Waals surface area contributed by atoms with Gasteiger partial charge in [0, 0.05) is 24.7 Å². The summed E-state index contributed by atoms with van der Waals surface area (Å²) in [4.78, 5) is 18.2. The molecule has 186 valence electrons. The number of dihydropyridines is 1. The van der Waals surface area contributed by atoms with Crippen LogP contribution in [0.2, 0.25) is 0 Å². The summed E-state index contributed by atoms with van der Waals surface area (Å²) in [5, 5.41) is 31.2. The number of aryl methyl sites for hydroxylation is 2. The Kier molecular flexibility index (Phi) is 7.45. The van der Waals surface area contributed by atoms with Gasteiger partial charge in [0.15, 0.2) is 6.23 Å². The van der Waals surface area contributed by atoms with Gasteiger partial charge in [-0.2, -0.15) is 0 Å². The molecule has 4 unspecified atom stereocenters. The van der Waals surface area contributed by atoms with Gasteiger partial charge in [0.05, 0.1) is 12.7 Å². The van der Waals surface area contributed by atoms with Crippen LogP contribution in [0.15, 0.2) is 34.8 Å². The first-order valence-electron chi connectivity index (χ1n) is 12.5. The van der Waals surface area contributed by atoms with Crippen molar-refractivity contribution in [2.24, 2.45) is 16.8 Å². The van der Waals surface area contributed by atoms with E-state index in [4.69, 9.17) is 4.74 Å². The number of ether oxygens (including phenoxy) is 1. The number of carboxylic acid groups (broad SMARTS) is 1. The van der Waals surface area contributed by atoms with Crippen LogP contribution in [0.25, 0.3) is 0 Å². The van der Waals surface area contributed by atoms with E-state index in [1.807, 2.05) is 6.07 Å². The first kappa shape index (κ1) is 24.9. The van der Waals surface area contributed by atoms with Crippen molar-refractivity contribution < 1.29 is 24.9 Å². The number of rotatable bonds is 10. The number of aliphatic carboxylic acids is 1. The van der Waals surface area contributed by atoms with E-state index in [1.54, 1.807) is 13.2 Å². The summed E-state index contributed by atoms with van der Waals surface area (Å²) in [5.41, 5.74) is 3.12. The molecule has 3 N–H and O–H groups in total. The Morgan fingerprint density at radius 2 is 2.12 bits per heavy atom. The Labute approximate surface area is 202 Å². The zero-order valence-corrected chi connectivity index (χ0v) is 20.5. The quantitative estimate of drug-likeness (QED) is 0.485. The van der Waals surface area contributed by atoms with Crippen LogP contribution in [0.4, 0.5) is 0 Å². The normalized spacial score (nSPS) is 27.6. The molecule has 3 aliphatic rings. The number of aliphatic hydroxyl groups is 2. The monoisotopic (exact) mass is 470 g/mol. The molecule has 2 fully saturated rings. The molecule has 0 bridgehead atoms. The molecule has 7 heteroatoms. The lowest BCUT2D eigenvalue weighted by atomic mass is 9.74. The minimum atomic E-state index is -1.24. The molecule has 1 aliphatic heterocycles. The van der Waals surface area contributed by atoms with Gasteiger partial charge >= 0.3 is 5.97 Å². The van der Waals surface area contributed by atoms with Gasteiger partial charge in [-0.1, -0.05) is 12.1 Å². The van der Waals surface area contributed by atoms with Crippen LogP contribution >= 0.6 is 0 Å². The minimum absolute atomic E-state index is 0.0583. The van der Waals surface area contributed by atoms with Crippen molar-refractivity contribution in [2.75, 3.05) is 20.2 Å². The van der Waals surface area contributed by atoms with Crippen LogP contribution in [0.5, 0.6) is 5.75 Å². The fourth-order valence-corrected chi connectivity index (χ4v) is 5.35. The van der Waals surface area contributed by atoms with E-state index in [0.717, 1.165) is 43.0 Å². The average molecular weight is 471 g/mol. The SMILES string of the molecule is COc1ccc(C)c(CCCN(CC2CC2)C(C)C2(O)CCC3=NC(O)C(C(=O)O)C=C3C2)c1. The minimum Gasteiger partial charge on any atom is -0.497 e. The average Bonchev–Trinajstić information content (AvgIpc) is 3.63. The summed E-state index contributed by atoms with van der Waals surface area (Å²) in [6.45, 7) is 6.11. The molecule has 4 rings (SSSR count). The van der Waals surface area contributed by atoms with Crippen LogP contribution in [-0.4, -0.2) is 70.0 Å². The molecule has 7 nitrogen and oxygen atoms in total. The van der Waals surface area contributed by atoms with E-state index < -0.39 is 23.7 Å². The second-order valence-corrected chi connectivity index (χ2v) is 10.3. The fourth-order valence-electron chi connectivity index (χ4n) is 5.35. The van der Waals surface area contributed by atoms with Gasteiger partial charge in [-0.05, 0) is 93.7 Å². The molecule has 1 heterocycles. The number of hydrogen-bond donors (Lipinski definition) is 3. The van der Waals surface area contributed by atoms with Crippen molar-refractivity contribution in [3.63, 3.8) is 0 Å². The highest BCUT2D eigenvalue weighted by Crippen LogP contribution is 2.39. The fraction of sp³-hybridized carbons (Fsp3) is 0.630. The van der Waals surface area contributed by atoms with Crippen molar-refractivity contribution in [1.29, 1.82) is 0 Å². The highest BCUT2D eigenvalue weighted by atomic mass is 16.5. The maximum Gasteiger partial charge on any atom is 0.315 e. The molecule has 0 amide bonds. The summed E-state index contributed by atoms with van der Waals surface area (Å²) >= 11 is 0. The smallest absolute Gasteiger partial charge is 0.315 e. The predicted octanol–water partition coefficient (Wildman–Crippen LogP) is 3.35. The highest BCUT2D eigenvalue weighted by molar-refractivity contribution is 6.02. The van der Waals surface area contributed by atoms with Crippen molar-refractivity contribution >= 4 is 11.7 Å². The standard InChI is InChI=1S/C27H38N2O5/c1-17-6-9-22(34-3)13-20(17)5-4-12-29(16-19-7-8-19)18(2)27(33)11-10-24-21(15-27)14-23(26(31)32)25(30)28-24/h6,9,13-14,18-19,23,25,30,33H,4-5,7-8,10-12,15-16H2,1-3H3,(H,31,32). The summed E-state index contributed by atoms with van der Waals surface area (Å²) < 4.78 is 5.39. The Bertz CT molecular complexity index is 970. The van der Waals surface area contributed by atoms with Gasteiger partial charge in [0.25, 0.3) is 0 Å². The molecule has 0 aromatic heterocycles. The molecule has 2 saturated carbocycles. The molecule has 0 spiro atoms. The van der Waals surface area contributed by atoms with Gasteiger partial charge in [-0.25, -0.2) is 0 Å². The van der Waals surface area contributed by atoms with Gasteiger partial charge in [-0.3, -0.25) is 14.7 Å². The molecule has 0 radical (unpaired) electrons. The van der Waals surface area contributed by atoms with E-state index in [9.17, 15) is 20.1 Å². The molecule has 1 aromatic rings. The lowest BCUT2D eigenvalue weighted by molar-refractivity contribution is -0.143. The lowest BCUT2D eigenvalue weighted by Crippen LogP contribution is -2.54. The van der Waals surface area contributed by atoms with Gasteiger partial charge < -0.3 is 20.1 Å². The largest absolute Gasteiger partial charge is 0.497 e. The van der Waals surface area contributed by atoms with Crippen LogP contribution < -0.4 is 4.74 Å². The van der Waals surface area contributed by atoms with Crippen LogP contribution in [0.3, 0.4) is 0 Å². The third-order valence-corrected chi connectivity index (χ3v) is 7.90. The van der Waals surface area contributed by atoms with Crippen molar-refractivity contribution in [3.05, 3.63) is 41.0 Å². The summed E-state index contributed by atoms with van der Waals surface area (Å²) in [7, 11) is 1.69. The second kappa shape index (κ2) is 10.2. The number of fused-ring (bicyclic) bond motifs is 1. The number of aliphatic hydroxyl groups excluding tert-OH is 1. The van der Waals surface area contributed by atoms with E-state index in [1.165, 1.54) is 24.0 Å². The highest BCUT2D eigenvalue weighted by Gasteiger charge is 2.44. The molecule has 1 aromatic carbocycles. The molecular formula is C27H38N2O5. The number of nitrogens with zero attached hydrogens (tertiary/aromatic N) is 2. The molecule has 0 saturated heterocycles. The third kappa shape index (κ3) is 5.53. The number of benzene rings is 1. The first-order valence-corrected chi connectivity index (χ1v) is 12.5. The molecular weight excluding hydrogens is 432 g/mol. The van der Waals surface area contributed by atoms with Crippen molar-refractivity contribution in [3.8, 4) is 5.75 Å². The van der Waals surface area contributed by atoms with Gasteiger partial charge in [-0.15, -0.1) is 0 Å². The van der Waals surface area contributed by atoms with Crippen LogP contribution in [0.1, 0.15) is 56.6 Å². The van der Waals surface area contributed by atoms with E-state index in [0.29, 0.717) is 25.2 Å². The predicted molar refractivity (Wildman–Crippen MR) is 131 cm³/mol. The number of carbonyl (C=O) groups is 1. The molecule has 4 atom stereocenters. The summed E-state index contributed by atoms with van der Waals surface area (Å²) in [6, 6.07) is 6.14. The van der Waals surface area contributed by atoms with Crippen LogP contribution in [-0.2, 0) is 11.2 Å². The van der Waals surface area contributed by atoms with Crippen LogP contribution in [0, 0.1) is 18.8 Å². The summed E-state index contributed by atoms with van der Waals surface area (Å²) in [6.07, 6.45) is 6.28. The maximum atomic E-state index is 11.7.